The number of rotatable bonds is 1. The van der Waals surface area contributed by atoms with Gasteiger partial charge in [0.25, 0.3) is 0 Å². The van der Waals surface area contributed by atoms with E-state index < -0.39 is 11.2 Å². The molecule has 2 rings (SSSR count). The Morgan fingerprint density at radius 1 is 1.35 bits per heavy atom. The first-order chi connectivity index (χ1) is 9.21. The van der Waals surface area contributed by atoms with Crippen LogP contribution in [-0.2, 0) is 9.53 Å². The molecule has 1 N–H and O–H groups in total. The minimum Gasteiger partial charge on any atom is -0.444 e. The van der Waals surface area contributed by atoms with Crippen molar-refractivity contribution in [1.82, 2.24) is 4.90 Å². The standard InChI is InChI=1S/C15H25NO4/c1-14(2,3)20-13(18)16-9-7-15(19,8-10-16)11-5-4-6-12(11)17/h11,19H,4-10H2,1-3H3/t11-/m0/s1. The van der Waals surface area contributed by atoms with Crippen LogP contribution >= 0.6 is 0 Å². The van der Waals surface area contributed by atoms with Crippen LogP contribution in [0.4, 0.5) is 4.79 Å². The lowest BCUT2D eigenvalue weighted by Crippen LogP contribution is -2.52. The Balaban J connectivity index is 1.92. The van der Waals surface area contributed by atoms with Crippen molar-refractivity contribution in [2.45, 2.75) is 64.1 Å². The number of hydrogen-bond acceptors (Lipinski definition) is 4. The van der Waals surface area contributed by atoms with Gasteiger partial charge in [0.15, 0.2) is 0 Å². The molecule has 1 atom stereocenters. The van der Waals surface area contributed by atoms with Crippen molar-refractivity contribution < 1.29 is 19.4 Å². The largest absolute Gasteiger partial charge is 0.444 e. The SMILES string of the molecule is CC(C)(C)OC(=O)N1CCC(O)([C@H]2CCCC2=O)CC1. The van der Waals surface area contributed by atoms with E-state index in [2.05, 4.69) is 0 Å². The first-order valence-electron chi connectivity index (χ1n) is 7.44. The van der Waals surface area contributed by atoms with Gasteiger partial charge in [-0.25, -0.2) is 4.79 Å². The zero-order chi connectivity index (χ0) is 15.0. The van der Waals surface area contributed by atoms with Crippen LogP contribution in [0.5, 0.6) is 0 Å². The van der Waals surface area contributed by atoms with E-state index in [0.717, 1.165) is 12.8 Å². The highest BCUT2D eigenvalue weighted by atomic mass is 16.6. The van der Waals surface area contributed by atoms with Crippen molar-refractivity contribution in [2.75, 3.05) is 13.1 Å². The molecule has 1 heterocycles. The summed E-state index contributed by atoms with van der Waals surface area (Å²) in [4.78, 5) is 25.4. The highest BCUT2D eigenvalue weighted by molar-refractivity contribution is 5.84. The normalized spacial score (nSPS) is 26.7. The molecule has 1 aliphatic carbocycles. The van der Waals surface area contributed by atoms with Gasteiger partial charge in [-0.2, -0.15) is 0 Å². The molecule has 2 aliphatic rings. The second kappa shape index (κ2) is 5.35. The maximum Gasteiger partial charge on any atom is 0.410 e. The predicted molar refractivity (Wildman–Crippen MR) is 74.3 cm³/mol. The van der Waals surface area contributed by atoms with Crippen molar-refractivity contribution >= 4 is 11.9 Å². The number of ether oxygens (including phenoxy) is 1. The number of nitrogens with zero attached hydrogens (tertiary/aromatic N) is 1. The van der Waals surface area contributed by atoms with Crippen LogP contribution < -0.4 is 0 Å². The number of hydrogen-bond donors (Lipinski definition) is 1. The second-order valence-electron chi connectivity index (χ2n) is 6.98. The van der Waals surface area contributed by atoms with E-state index in [1.165, 1.54) is 0 Å². The molecule has 1 amide bonds. The summed E-state index contributed by atoms with van der Waals surface area (Å²) in [6.45, 7) is 6.41. The number of carbonyl (C=O) groups is 2. The maximum absolute atomic E-state index is 12.0. The fraction of sp³-hybridized carbons (Fsp3) is 0.867. The summed E-state index contributed by atoms with van der Waals surface area (Å²) < 4.78 is 5.33. The van der Waals surface area contributed by atoms with Gasteiger partial charge in [0.1, 0.15) is 11.4 Å². The zero-order valence-electron chi connectivity index (χ0n) is 12.6. The molecule has 0 unspecified atom stereocenters. The fourth-order valence-corrected chi connectivity index (χ4v) is 3.14. The van der Waals surface area contributed by atoms with Crippen molar-refractivity contribution in [3.05, 3.63) is 0 Å². The lowest BCUT2D eigenvalue weighted by Gasteiger charge is -2.41. The molecule has 0 aromatic rings. The Labute approximate surface area is 120 Å². The van der Waals surface area contributed by atoms with Crippen LogP contribution in [0.2, 0.25) is 0 Å². The molecule has 20 heavy (non-hydrogen) atoms. The number of carbonyl (C=O) groups excluding carboxylic acids is 2. The van der Waals surface area contributed by atoms with Crippen molar-refractivity contribution in [2.24, 2.45) is 5.92 Å². The average Bonchev–Trinajstić information content (AvgIpc) is 2.74. The summed E-state index contributed by atoms with van der Waals surface area (Å²) in [5.74, 6) is -0.0542. The Hall–Kier alpha value is -1.10. The van der Waals surface area contributed by atoms with Crippen molar-refractivity contribution in [3.8, 4) is 0 Å². The highest BCUT2D eigenvalue weighted by Gasteiger charge is 2.45. The van der Waals surface area contributed by atoms with Crippen molar-refractivity contribution in [1.29, 1.82) is 0 Å². The number of likely N-dealkylation sites (tertiary alicyclic amines) is 1. The third kappa shape index (κ3) is 3.32. The van der Waals surface area contributed by atoms with Gasteiger partial charge in [-0.15, -0.1) is 0 Å². The van der Waals surface area contributed by atoms with Gasteiger partial charge in [0.2, 0.25) is 0 Å². The van der Waals surface area contributed by atoms with Gasteiger partial charge >= 0.3 is 6.09 Å². The van der Waals surface area contributed by atoms with Gasteiger partial charge in [-0.3, -0.25) is 4.79 Å². The third-order valence-electron chi connectivity index (χ3n) is 4.23. The molecule has 0 bridgehead atoms. The molecule has 114 valence electrons. The molecule has 1 saturated heterocycles. The third-order valence-corrected chi connectivity index (χ3v) is 4.23. The van der Waals surface area contributed by atoms with Gasteiger partial charge in [-0.1, -0.05) is 0 Å². The molecule has 0 radical (unpaired) electrons. The molecule has 0 aromatic heterocycles. The smallest absolute Gasteiger partial charge is 0.410 e. The Morgan fingerprint density at radius 2 is 1.95 bits per heavy atom. The monoisotopic (exact) mass is 283 g/mol. The summed E-state index contributed by atoms with van der Waals surface area (Å²) in [5.41, 5.74) is -1.43. The van der Waals surface area contributed by atoms with Gasteiger partial charge < -0.3 is 14.7 Å². The van der Waals surface area contributed by atoms with E-state index in [1.807, 2.05) is 20.8 Å². The zero-order valence-corrected chi connectivity index (χ0v) is 12.6. The van der Waals surface area contributed by atoms with Crippen LogP contribution in [0.15, 0.2) is 0 Å². The molecular weight excluding hydrogens is 258 g/mol. The lowest BCUT2D eigenvalue weighted by atomic mass is 9.78. The molecule has 5 heteroatoms. The summed E-state index contributed by atoms with van der Waals surface area (Å²) in [6.07, 6.45) is 2.83. The van der Waals surface area contributed by atoms with E-state index in [0.29, 0.717) is 32.4 Å². The number of piperidine rings is 1. The van der Waals surface area contributed by atoms with E-state index in [-0.39, 0.29) is 17.8 Å². The minimum absolute atomic E-state index is 0.179. The molecule has 1 saturated carbocycles. The van der Waals surface area contributed by atoms with Crippen molar-refractivity contribution in [3.63, 3.8) is 0 Å². The van der Waals surface area contributed by atoms with E-state index in [9.17, 15) is 14.7 Å². The predicted octanol–water partition coefficient (Wildman–Crippen LogP) is 2.12. The van der Waals surface area contributed by atoms with Gasteiger partial charge in [-0.05, 0) is 46.5 Å². The van der Waals surface area contributed by atoms with Gasteiger partial charge in [0, 0.05) is 25.4 Å². The topological polar surface area (TPSA) is 66.8 Å². The van der Waals surface area contributed by atoms with Crippen LogP contribution in [0.25, 0.3) is 0 Å². The summed E-state index contributed by atoms with van der Waals surface area (Å²) >= 11 is 0. The van der Waals surface area contributed by atoms with Crippen LogP contribution in [0.3, 0.4) is 0 Å². The Bertz CT molecular complexity index is 391. The van der Waals surface area contributed by atoms with Crippen LogP contribution in [0.1, 0.15) is 52.9 Å². The molecule has 0 spiro atoms. The van der Waals surface area contributed by atoms with Crippen LogP contribution in [0, 0.1) is 5.92 Å². The summed E-state index contributed by atoms with van der Waals surface area (Å²) in [6, 6.07) is 0. The summed E-state index contributed by atoms with van der Waals surface area (Å²) in [7, 11) is 0. The highest BCUT2D eigenvalue weighted by Crippen LogP contribution is 2.38. The molecule has 0 aromatic carbocycles. The molecular formula is C15H25NO4. The summed E-state index contributed by atoms with van der Waals surface area (Å²) in [5, 5.41) is 10.7. The Kier molecular flexibility index (Phi) is 4.09. The second-order valence-corrected chi connectivity index (χ2v) is 6.98. The number of aliphatic hydroxyl groups is 1. The molecule has 5 nitrogen and oxygen atoms in total. The first-order valence-corrected chi connectivity index (χ1v) is 7.44. The number of ketones is 1. The fourth-order valence-electron chi connectivity index (χ4n) is 3.14. The average molecular weight is 283 g/mol. The van der Waals surface area contributed by atoms with E-state index in [1.54, 1.807) is 4.90 Å². The lowest BCUT2D eigenvalue weighted by molar-refractivity contribution is -0.133. The van der Waals surface area contributed by atoms with Crippen LogP contribution in [-0.4, -0.2) is 46.2 Å². The number of amides is 1. The Morgan fingerprint density at radius 3 is 2.40 bits per heavy atom. The minimum atomic E-state index is -0.925. The number of Topliss-reactive ketones (excluding diaryl/α,β-unsaturated/α-hetero) is 1. The quantitative estimate of drug-likeness (QED) is 0.800. The van der Waals surface area contributed by atoms with E-state index in [4.69, 9.17) is 4.74 Å². The maximum atomic E-state index is 12.0. The first kappa shape index (κ1) is 15.3. The van der Waals surface area contributed by atoms with Gasteiger partial charge in [0.05, 0.1) is 5.60 Å². The molecule has 1 aliphatic heterocycles. The van der Waals surface area contributed by atoms with E-state index >= 15 is 0 Å². The molecule has 2 fully saturated rings.